The summed E-state index contributed by atoms with van der Waals surface area (Å²) in [5.41, 5.74) is 8.72. The van der Waals surface area contributed by atoms with Gasteiger partial charge in [-0.25, -0.2) is 8.70 Å². The van der Waals surface area contributed by atoms with Crippen LogP contribution in [-0.2, 0) is 41.0 Å². The molecular weight excluding hydrogens is 637 g/mol. The highest BCUT2D eigenvalue weighted by Crippen LogP contribution is 2.57. The monoisotopic (exact) mass is 673 g/mol. The van der Waals surface area contributed by atoms with Crippen LogP contribution in [0.3, 0.4) is 0 Å². The van der Waals surface area contributed by atoms with E-state index in [1.165, 1.54) is 18.2 Å². The fourth-order valence-electron chi connectivity index (χ4n) is 5.01. The van der Waals surface area contributed by atoms with E-state index in [1.807, 2.05) is 60.7 Å². The van der Waals surface area contributed by atoms with Crippen LogP contribution in [-0.4, -0.2) is 52.7 Å². The molecule has 5 rings (SSSR count). The van der Waals surface area contributed by atoms with Crippen molar-refractivity contribution in [3.05, 3.63) is 125 Å². The van der Waals surface area contributed by atoms with Gasteiger partial charge in [-0.3, -0.25) is 9.11 Å². The maximum Gasteiger partial charge on any atom is 0.306 e. The van der Waals surface area contributed by atoms with E-state index in [4.69, 9.17) is 19.4 Å². The van der Waals surface area contributed by atoms with Crippen molar-refractivity contribution in [2.75, 3.05) is 23.8 Å². The summed E-state index contributed by atoms with van der Waals surface area (Å²) in [4.78, 5) is 0. The Bertz CT molecular complexity index is 1750. The number of hydrogen-bond acceptors (Lipinski definition) is 11. The third-order valence-electron chi connectivity index (χ3n) is 7.17. The van der Waals surface area contributed by atoms with Gasteiger partial charge in [0, 0.05) is 18.5 Å². The molecule has 14 heteroatoms. The van der Waals surface area contributed by atoms with Crippen molar-refractivity contribution >= 4 is 26.8 Å². The number of nitrogens with zero attached hydrogens (tertiary/aromatic N) is 2. The van der Waals surface area contributed by atoms with Gasteiger partial charge in [0.15, 0.2) is 5.82 Å². The maximum absolute atomic E-state index is 16.2. The zero-order valence-corrected chi connectivity index (χ0v) is 26.7. The van der Waals surface area contributed by atoms with Gasteiger partial charge in [-0.2, -0.15) is 8.42 Å². The van der Waals surface area contributed by atoms with Gasteiger partial charge in [0.05, 0.1) is 19.4 Å². The molecule has 0 radical (unpaired) electrons. The lowest BCUT2D eigenvalue weighted by molar-refractivity contribution is -0.0155. The molecule has 0 spiro atoms. The Labute approximate surface area is 269 Å². The molecule has 5 N–H and O–H groups in total. The molecule has 0 saturated carbocycles. The van der Waals surface area contributed by atoms with Gasteiger partial charge in [-0.15, -0.1) is 4.31 Å². The van der Waals surface area contributed by atoms with Crippen LogP contribution in [0, 0.1) is 5.82 Å². The second kappa shape index (κ2) is 14.4. The Morgan fingerprint density at radius 2 is 1.54 bits per heavy atom. The minimum absolute atomic E-state index is 0.0151. The maximum atomic E-state index is 16.2. The summed E-state index contributed by atoms with van der Waals surface area (Å²) < 4.78 is 81.5. The van der Waals surface area contributed by atoms with Crippen LogP contribution in [0.15, 0.2) is 91.0 Å². The van der Waals surface area contributed by atoms with Crippen LogP contribution in [0.5, 0.6) is 11.5 Å². The van der Waals surface area contributed by atoms with Crippen molar-refractivity contribution in [1.29, 1.82) is 0 Å². The number of benzene rings is 4. The molecule has 246 valence electrons. The standard InChI is InChI=1S/C32H36FN3O8S2/c1-45(38,39)44-29-13-12-25(18-34)14-27(29)15-26-16-28(33)32(30(17-26)43-21-24-10-6-3-7-11-24)35-19-31(37)36(46(35,40)41)22-42-20-23-8-4-2-5-9-23/h2-14,16-17,31,37,40-41H,15,18-22,34H2,1H3. The number of rotatable bonds is 13. The molecule has 1 heterocycles. The first-order valence-corrected chi connectivity index (χ1v) is 17.5. The van der Waals surface area contributed by atoms with E-state index in [2.05, 4.69) is 0 Å². The number of aliphatic hydroxyl groups excluding tert-OH is 1. The van der Waals surface area contributed by atoms with Gasteiger partial charge < -0.3 is 24.5 Å². The molecule has 0 aliphatic carbocycles. The van der Waals surface area contributed by atoms with Crippen molar-refractivity contribution in [3.8, 4) is 11.5 Å². The first-order chi connectivity index (χ1) is 21.9. The van der Waals surface area contributed by atoms with Crippen LogP contribution in [0.2, 0.25) is 0 Å². The topological polar surface area (TPSA) is 155 Å². The number of β-amino-alcohol motifs (C(OH)–C–C–N with tert-alkyl or cyclic N) is 1. The van der Waals surface area contributed by atoms with Crippen molar-refractivity contribution in [1.82, 2.24) is 4.31 Å². The third-order valence-corrected chi connectivity index (χ3v) is 9.56. The first-order valence-electron chi connectivity index (χ1n) is 14.3. The number of aliphatic hydroxyl groups is 1. The van der Waals surface area contributed by atoms with Gasteiger partial charge in [-0.1, -0.05) is 72.8 Å². The molecule has 1 saturated heterocycles. The van der Waals surface area contributed by atoms with E-state index >= 15 is 4.39 Å². The van der Waals surface area contributed by atoms with Crippen molar-refractivity contribution in [2.45, 2.75) is 32.4 Å². The molecule has 1 atom stereocenters. The van der Waals surface area contributed by atoms with Crippen LogP contribution in [0.25, 0.3) is 0 Å². The summed E-state index contributed by atoms with van der Waals surface area (Å²) in [5.74, 6) is -0.794. The second-order valence-corrected chi connectivity index (χ2v) is 14.2. The average Bonchev–Trinajstić information content (AvgIpc) is 3.24. The predicted octanol–water partition coefficient (Wildman–Crippen LogP) is 4.99. The summed E-state index contributed by atoms with van der Waals surface area (Å²) in [7, 11) is -7.81. The second-order valence-electron chi connectivity index (χ2n) is 10.7. The van der Waals surface area contributed by atoms with Crippen molar-refractivity contribution < 1.29 is 40.7 Å². The zero-order valence-electron chi connectivity index (χ0n) is 25.0. The Balaban J connectivity index is 1.47. The van der Waals surface area contributed by atoms with E-state index in [0.717, 1.165) is 26.0 Å². The van der Waals surface area contributed by atoms with Crippen LogP contribution < -0.4 is 19.0 Å². The largest absolute Gasteiger partial charge is 0.487 e. The molecule has 0 aromatic heterocycles. The van der Waals surface area contributed by atoms with E-state index < -0.39 is 33.1 Å². The Morgan fingerprint density at radius 1 is 0.891 bits per heavy atom. The van der Waals surface area contributed by atoms with E-state index in [9.17, 15) is 22.6 Å². The molecule has 4 aromatic carbocycles. The van der Waals surface area contributed by atoms with Gasteiger partial charge in [0.1, 0.15) is 36.8 Å². The predicted molar refractivity (Wildman–Crippen MR) is 174 cm³/mol. The summed E-state index contributed by atoms with van der Waals surface area (Å²) in [5, 5.41) is 10.8. The quantitative estimate of drug-likeness (QED) is 0.142. The van der Waals surface area contributed by atoms with Crippen LogP contribution in [0.4, 0.5) is 10.1 Å². The summed E-state index contributed by atoms with van der Waals surface area (Å²) in [6, 6.07) is 25.9. The molecule has 0 bridgehead atoms. The highest BCUT2D eigenvalue weighted by molar-refractivity contribution is 8.23. The number of nitrogens with two attached hydrogens (primary N) is 1. The van der Waals surface area contributed by atoms with Crippen molar-refractivity contribution in [3.63, 3.8) is 0 Å². The lowest BCUT2D eigenvalue weighted by atomic mass is 10.0. The molecule has 11 nitrogen and oxygen atoms in total. The molecule has 1 aliphatic heterocycles. The van der Waals surface area contributed by atoms with Crippen LogP contribution >= 0.6 is 11.0 Å². The van der Waals surface area contributed by atoms with Gasteiger partial charge >= 0.3 is 10.1 Å². The Kier molecular flexibility index (Phi) is 10.5. The molecule has 0 amide bonds. The van der Waals surface area contributed by atoms with Crippen LogP contribution in [0.1, 0.15) is 27.8 Å². The fourth-order valence-corrected chi connectivity index (χ4v) is 7.11. The summed E-state index contributed by atoms with van der Waals surface area (Å²) >= 11 is 0. The minimum Gasteiger partial charge on any atom is -0.487 e. The van der Waals surface area contributed by atoms with E-state index in [0.29, 0.717) is 16.7 Å². The minimum atomic E-state index is -3.95. The Morgan fingerprint density at radius 3 is 2.17 bits per heavy atom. The van der Waals surface area contributed by atoms with Gasteiger partial charge in [0.25, 0.3) is 0 Å². The van der Waals surface area contributed by atoms with E-state index in [1.54, 1.807) is 12.1 Å². The smallest absolute Gasteiger partial charge is 0.306 e. The SMILES string of the molecule is CS(=O)(=O)Oc1ccc(CN)cc1Cc1cc(F)c(N2CC(O)N(COCc3ccccc3)S2(O)O)c(OCc2ccccc2)c1. The molecule has 1 aliphatic rings. The molecule has 46 heavy (non-hydrogen) atoms. The zero-order chi connectivity index (χ0) is 32.9. The lowest BCUT2D eigenvalue weighted by Gasteiger charge is -2.42. The highest BCUT2D eigenvalue weighted by atomic mass is 32.3. The number of ether oxygens (including phenoxy) is 2. The van der Waals surface area contributed by atoms with Crippen molar-refractivity contribution in [2.24, 2.45) is 5.73 Å². The number of hydrogen-bond donors (Lipinski definition) is 4. The highest BCUT2D eigenvalue weighted by Gasteiger charge is 2.46. The average molecular weight is 674 g/mol. The molecule has 4 aromatic rings. The fraction of sp³-hybridized carbons (Fsp3) is 0.250. The first kappa shape index (κ1) is 33.6. The Hall–Kier alpha value is -3.73. The summed E-state index contributed by atoms with van der Waals surface area (Å²) in [6.07, 6.45) is -0.427. The van der Waals surface area contributed by atoms with E-state index in [-0.39, 0.29) is 56.6 Å². The summed E-state index contributed by atoms with van der Waals surface area (Å²) in [6.45, 7) is -0.313. The number of halogens is 1. The number of anilines is 1. The molecule has 1 fully saturated rings. The lowest BCUT2D eigenvalue weighted by Crippen LogP contribution is -2.34. The molecule has 1 unspecified atom stereocenters. The third kappa shape index (κ3) is 8.15. The van der Waals surface area contributed by atoms with Gasteiger partial charge in [-0.05, 0) is 51.4 Å². The van der Waals surface area contributed by atoms with Gasteiger partial charge in [0.2, 0.25) is 0 Å². The normalized spacial score (nSPS) is 17.2. The molecular formula is C32H36FN3O8S2.